The zero-order valence-corrected chi connectivity index (χ0v) is 13.7. The largest absolute Gasteiger partial charge is 0.0578 e. The lowest BCUT2D eigenvalue weighted by molar-refractivity contribution is 0.623. The summed E-state index contributed by atoms with van der Waals surface area (Å²) in [5.74, 6) is 1.03. The third-order valence-electron chi connectivity index (χ3n) is 3.54. The van der Waals surface area contributed by atoms with Gasteiger partial charge in [0.15, 0.2) is 0 Å². The maximum Gasteiger partial charge on any atom is 0.0175 e. The molecule has 2 rings (SSSR count). The van der Waals surface area contributed by atoms with Crippen molar-refractivity contribution >= 4 is 31.9 Å². The minimum absolute atomic E-state index is 0.513. The van der Waals surface area contributed by atoms with Gasteiger partial charge in [-0.05, 0) is 47.2 Å². The van der Waals surface area contributed by atoms with E-state index in [2.05, 4.69) is 94.2 Å². The molecule has 0 spiro atoms. The average Bonchev–Trinajstić information content (AvgIpc) is 2.39. The summed E-state index contributed by atoms with van der Waals surface area (Å²) >= 11 is 6.96. The predicted octanol–water partition coefficient (Wildman–Crippen LogP) is 6.12. The lowest BCUT2D eigenvalue weighted by Gasteiger charge is -2.21. The molecule has 0 aliphatic carbocycles. The molecule has 94 valence electrons. The Kier molecular flexibility index (Phi) is 4.63. The van der Waals surface area contributed by atoms with Gasteiger partial charge in [0.1, 0.15) is 0 Å². The molecule has 0 nitrogen and oxygen atoms in total. The van der Waals surface area contributed by atoms with Crippen LogP contribution in [0.4, 0.5) is 0 Å². The molecule has 0 fully saturated rings. The van der Waals surface area contributed by atoms with Gasteiger partial charge in [-0.15, -0.1) is 0 Å². The Bertz CT molecular complexity index is 450. The molecule has 0 saturated heterocycles. The van der Waals surface area contributed by atoms with Crippen molar-refractivity contribution < 1.29 is 0 Å². The second kappa shape index (κ2) is 6.03. The minimum Gasteiger partial charge on any atom is -0.0578 e. The first-order valence-electron chi connectivity index (χ1n) is 6.09. The number of rotatable bonds is 3. The number of benzene rings is 2. The lowest BCUT2D eigenvalue weighted by Crippen LogP contribution is -2.04. The maximum absolute atomic E-state index is 3.48. The molecule has 2 heteroatoms. The van der Waals surface area contributed by atoms with E-state index in [1.54, 1.807) is 0 Å². The van der Waals surface area contributed by atoms with Crippen molar-refractivity contribution in [1.82, 2.24) is 0 Å². The summed E-state index contributed by atoms with van der Waals surface area (Å²) in [5.41, 5.74) is 2.77. The first-order valence-corrected chi connectivity index (χ1v) is 7.67. The van der Waals surface area contributed by atoms with E-state index < -0.39 is 0 Å². The van der Waals surface area contributed by atoms with Crippen LogP contribution in [0.5, 0.6) is 0 Å². The fourth-order valence-electron chi connectivity index (χ4n) is 2.11. The van der Waals surface area contributed by atoms with Crippen molar-refractivity contribution in [2.45, 2.75) is 25.7 Å². The van der Waals surface area contributed by atoms with Crippen LogP contribution in [0.2, 0.25) is 0 Å². The van der Waals surface area contributed by atoms with Crippen molar-refractivity contribution in [3.05, 3.63) is 68.6 Å². The van der Waals surface area contributed by atoms with Gasteiger partial charge < -0.3 is 0 Å². The Morgan fingerprint density at radius 1 is 0.611 bits per heavy atom. The zero-order chi connectivity index (χ0) is 13.1. The Morgan fingerprint density at radius 3 is 1.17 bits per heavy atom. The van der Waals surface area contributed by atoms with Crippen molar-refractivity contribution in [3.63, 3.8) is 0 Å². The van der Waals surface area contributed by atoms with Gasteiger partial charge >= 0.3 is 0 Å². The van der Waals surface area contributed by atoms with Gasteiger partial charge in [-0.2, -0.15) is 0 Å². The zero-order valence-electron chi connectivity index (χ0n) is 10.5. The van der Waals surface area contributed by atoms with Crippen LogP contribution in [0.1, 0.15) is 36.8 Å². The van der Waals surface area contributed by atoms with Crippen molar-refractivity contribution in [2.24, 2.45) is 0 Å². The Labute approximate surface area is 126 Å². The third kappa shape index (κ3) is 3.24. The fraction of sp³-hybridized carbons (Fsp3) is 0.250. The summed E-state index contributed by atoms with van der Waals surface area (Å²) in [6.07, 6.45) is 0. The van der Waals surface area contributed by atoms with Crippen LogP contribution in [0, 0.1) is 0 Å². The summed E-state index contributed by atoms with van der Waals surface area (Å²) in [5, 5.41) is 0. The molecule has 0 aliphatic heterocycles. The first kappa shape index (κ1) is 13.8. The van der Waals surface area contributed by atoms with Crippen molar-refractivity contribution in [3.8, 4) is 0 Å². The van der Waals surface area contributed by atoms with Gasteiger partial charge in [0.25, 0.3) is 0 Å². The normalized spacial score (nSPS) is 14.2. The minimum atomic E-state index is 0.513. The summed E-state index contributed by atoms with van der Waals surface area (Å²) in [7, 11) is 0. The summed E-state index contributed by atoms with van der Waals surface area (Å²) in [6, 6.07) is 17.2. The lowest BCUT2D eigenvalue weighted by atomic mass is 9.84. The van der Waals surface area contributed by atoms with E-state index in [9.17, 15) is 0 Å². The molecular weight excluding hydrogens is 352 g/mol. The molecule has 2 aromatic rings. The molecule has 0 radical (unpaired) electrons. The predicted molar refractivity (Wildman–Crippen MR) is 85.1 cm³/mol. The highest BCUT2D eigenvalue weighted by atomic mass is 79.9. The molecule has 2 aromatic carbocycles. The number of halogens is 2. The average molecular weight is 368 g/mol. The van der Waals surface area contributed by atoms with Crippen LogP contribution in [0.25, 0.3) is 0 Å². The van der Waals surface area contributed by atoms with E-state index in [-0.39, 0.29) is 0 Å². The highest BCUT2D eigenvalue weighted by Gasteiger charge is 2.15. The van der Waals surface area contributed by atoms with Crippen molar-refractivity contribution in [2.75, 3.05) is 0 Å². The van der Waals surface area contributed by atoms with Gasteiger partial charge in [0.2, 0.25) is 0 Å². The molecule has 0 aliphatic rings. The topological polar surface area (TPSA) is 0 Å². The highest BCUT2D eigenvalue weighted by molar-refractivity contribution is 9.10. The summed E-state index contributed by atoms with van der Waals surface area (Å²) in [4.78, 5) is 0. The molecule has 0 aromatic heterocycles. The van der Waals surface area contributed by atoms with E-state index in [4.69, 9.17) is 0 Å². The SMILES string of the molecule is CC(c1ccc(Br)cc1)C(C)c1ccc(Br)cc1. The fourth-order valence-corrected chi connectivity index (χ4v) is 2.64. The smallest absolute Gasteiger partial charge is 0.0175 e. The Hall–Kier alpha value is -0.600. The molecule has 0 saturated carbocycles. The number of hydrogen-bond donors (Lipinski definition) is 0. The molecule has 0 heterocycles. The van der Waals surface area contributed by atoms with E-state index in [0.29, 0.717) is 11.8 Å². The summed E-state index contributed by atoms with van der Waals surface area (Å²) < 4.78 is 2.27. The van der Waals surface area contributed by atoms with E-state index in [1.165, 1.54) is 11.1 Å². The van der Waals surface area contributed by atoms with Crippen LogP contribution < -0.4 is 0 Å². The van der Waals surface area contributed by atoms with Crippen LogP contribution in [-0.2, 0) is 0 Å². The molecule has 2 atom stereocenters. The van der Waals surface area contributed by atoms with Gasteiger partial charge in [-0.3, -0.25) is 0 Å². The Morgan fingerprint density at radius 2 is 0.889 bits per heavy atom. The van der Waals surface area contributed by atoms with Crippen molar-refractivity contribution in [1.29, 1.82) is 0 Å². The van der Waals surface area contributed by atoms with Crippen LogP contribution >= 0.6 is 31.9 Å². The molecular formula is C16H16Br2. The molecule has 2 unspecified atom stereocenters. The van der Waals surface area contributed by atoms with E-state index in [0.717, 1.165) is 8.95 Å². The quantitative estimate of drug-likeness (QED) is 0.613. The molecule has 18 heavy (non-hydrogen) atoms. The molecule has 0 N–H and O–H groups in total. The summed E-state index contributed by atoms with van der Waals surface area (Å²) in [6.45, 7) is 4.58. The second-order valence-electron chi connectivity index (χ2n) is 4.68. The number of hydrogen-bond acceptors (Lipinski definition) is 0. The van der Waals surface area contributed by atoms with E-state index in [1.807, 2.05) is 0 Å². The molecule has 0 bridgehead atoms. The van der Waals surface area contributed by atoms with Gasteiger partial charge in [-0.25, -0.2) is 0 Å². The van der Waals surface area contributed by atoms with Gasteiger partial charge in [-0.1, -0.05) is 70.0 Å². The van der Waals surface area contributed by atoms with Gasteiger partial charge in [0, 0.05) is 8.95 Å². The third-order valence-corrected chi connectivity index (χ3v) is 4.60. The van der Waals surface area contributed by atoms with Crippen LogP contribution in [-0.4, -0.2) is 0 Å². The van der Waals surface area contributed by atoms with Crippen LogP contribution in [0.3, 0.4) is 0 Å². The maximum atomic E-state index is 3.48. The Balaban J connectivity index is 2.20. The highest BCUT2D eigenvalue weighted by Crippen LogP contribution is 2.33. The van der Waals surface area contributed by atoms with Crippen LogP contribution in [0.15, 0.2) is 57.5 Å². The van der Waals surface area contributed by atoms with Gasteiger partial charge in [0.05, 0.1) is 0 Å². The van der Waals surface area contributed by atoms with E-state index >= 15 is 0 Å². The second-order valence-corrected chi connectivity index (χ2v) is 6.51. The standard InChI is InChI=1S/C16H16Br2/c1-11(13-3-7-15(17)8-4-13)12(2)14-5-9-16(18)10-6-14/h3-12H,1-2H3. The first-order chi connectivity index (χ1) is 8.58. The monoisotopic (exact) mass is 366 g/mol. The molecule has 0 amide bonds.